The van der Waals surface area contributed by atoms with Crippen molar-refractivity contribution in [2.75, 3.05) is 30.1 Å². The van der Waals surface area contributed by atoms with Gasteiger partial charge in [0.25, 0.3) is 5.56 Å². The van der Waals surface area contributed by atoms with Crippen LogP contribution in [0.15, 0.2) is 58.5 Å². The van der Waals surface area contributed by atoms with Crippen molar-refractivity contribution in [2.45, 2.75) is 43.3 Å². The molecule has 2 aromatic carbocycles. The second-order valence-electron chi connectivity index (χ2n) is 8.16. The molecule has 0 unspecified atom stereocenters. The van der Waals surface area contributed by atoms with Crippen molar-refractivity contribution < 1.29 is 4.79 Å². The van der Waals surface area contributed by atoms with Crippen molar-refractivity contribution in [3.05, 3.63) is 58.9 Å². The Kier molecular flexibility index (Phi) is 6.61. The number of amides is 1. The lowest BCUT2D eigenvalue weighted by Gasteiger charge is -2.26. The Morgan fingerprint density at radius 3 is 2.52 bits per heavy atom. The first kappa shape index (κ1) is 21.4. The third kappa shape index (κ3) is 4.93. The van der Waals surface area contributed by atoms with E-state index in [2.05, 4.69) is 5.32 Å². The van der Waals surface area contributed by atoms with Crippen LogP contribution < -0.4 is 15.8 Å². The number of anilines is 2. The summed E-state index contributed by atoms with van der Waals surface area (Å²) < 4.78 is 1.84. The molecular formula is C24H28N4O2S. The van der Waals surface area contributed by atoms with Gasteiger partial charge >= 0.3 is 0 Å². The van der Waals surface area contributed by atoms with Crippen molar-refractivity contribution >= 4 is 39.9 Å². The summed E-state index contributed by atoms with van der Waals surface area (Å²) in [6.45, 7) is 0. The van der Waals surface area contributed by atoms with Gasteiger partial charge in [0.15, 0.2) is 5.16 Å². The highest BCUT2D eigenvalue weighted by atomic mass is 32.2. The van der Waals surface area contributed by atoms with Crippen molar-refractivity contribution in [2.24, 2.45) is 0 Å². The fraction of sp³-hybridized carbons (Fsp3) is 0.375. The molecule has 1 N–H and O–H groups in total. The Morgan fingerprint density at radius 2 is 1.81 bits per heavy atom. The molecular weight excluding hydrogens is 408 g/mol. The number of hydrogen-bond donors (Lipinski definition) is 1. The van der Waals surface area contributed by atoms with Gasteiger partial charge in [0.2, 0.25) is 5.91 Å². The van der Waals surface area contributed by atoms with Gasteiger partial charge in [0.1, 0.15) is 0 Å². The van der Waals surface area contributed by atoms with E-state index in [4.69, 9.17) is 4.98 Å². The van der Waals surface area contributed by atoms with Crippen LogP contribution in [0, 0.1) is 0 Å². The highest BCUT2D eigenvalue weighted by Crippen LogP contribution is 2.31. The minimum Gasteiger partial charge on any atom is -0.378 e. The van der Waals surface area contributed by atoms with Gasteiger partial charge in [0.05, 0.1) is 16.7 Å². The number of benzene rings is 2. The topological polar surface area (TPSA) is 67.2 Å². The van der Waals surface area contributed by atoms with Crippen LogP contribution in [0.4, 0.5) is 11.4 Å². The summed E-state index contributed by atoms with van der Waals surface area (Å²) in [7, 11) is 3.96. The molecule has 162 valence electrons. The first-order valence-electron chi connectivity index (χ1n) is 10.7. The number of hydrogen-bond acceptors (Lipinski definition) is 5. The Labute approximate surface area is 186 Å². The van der Waals surface area contributed by atoms with Crippen LogP contribution in [-0.2, 0) is 4.79 Å². The second-order valence-corrected chi connectivity index (χ2v) is 9.10. The van der Waals surface area contributed by atoms with Gasteiger partial charge in [-0.05, 0) is 49.2 Å². The van der Waals surface area contributed by atoms with Gasteiger partial charge in [-0.3, -0.25) is 14.2 Å². The van der Waals surface area contributed by atoms with Gasteiger partial charge in [-0.25, -0.2) is 4.98 Å². The highest BCUT2D eigenvalue weighted by molar-refractivity contribution is 7.99. The standard InChI is InChI=1S/C24H28N4O2S/c1-27(2)18-14-12-17(13-15-18)25-22(29)16-31-24-26-21-11-7-6-10-20(21)23(30)28(24)19-8-4-3-5-9-19/h6-7,10-15,19H,3-5,8-9,16H2,1-2H3,(H,25,29). The Bertz CT molecular complexity index is 1120. The van der Waals surface area contributed by atoms with Crippen LogP contribution >= 0.6 is 11.8 Å². The zero-order chi connectivity index (χ0) is 21.8. The maximum absolute atomic E-state index is 13.3. The fourth-order valence-corrected chi connectivity index (χ4v) is 4.92. The molecule has 6 nitrogen and oxygen atoms in total. The van der Waals surface area contributed by atoms with E-state index in [1.165, 1.54) is 18.2 Å². The van der Waals surface area contributed by atoms with Crippen LogP contribution in [0.2, 0.25) is 0 Å². The molecule has 0 atom stereocenters. The molecule has 31 heavy (non-hydrogen) atoms. The zero-order valence-corrected chi connectivity index (χ0v) is 18.8. The number of thioether (sulfide) groups is 1. The normalized spacial score (nSPS) is 14.5. The molecule has 1 heterocycles. The number of para-hydroxylation sites is 1. The molecule has 0 radical (unpaired) electrons. The van der Waals surface area contributed by atoms with Crippen molar-refractivity contribution in [1.29, 1.82) is 0 Å². The molecule has 0 saturated heterocycles. The predicted octanol–water partition coefficient (Wildman–Crippen LogP) is 4.70. The van der Waals surface area contributed by atoms with Crippen molar-refractivity contribution in [3.8, 4) is 0 Å². The summed E-state index contributed by atoms with van der Waals surface area (Å²) in [5.41, 5.74) is 2.51. The van der Waals surface area contributed by atoms with E-state index < -0.39 is 0 Å². The number of aromatic nitrogens is 2. The van der Waals surface area contributed by atoms with Gasteiger partial charge < -0.3 is 10.2 Å². The van der Waals surface area contributed by atoms with E-state index in [1.54, 1.807) is 0 Å². The number of nitrogens with one attached hydrogen (secondary N) is 1. The zero-order valence-electron chi connectivity index (χ0n) is 18.0. The first-order chi connectivity index (χ1) is 15.0. The lowest BCUT2D eigenvalue weighted by Crippen LogP contribution is -2.29. The van der Waals surface area contributed by atoms with Gasteiger partial charge in [0, 0.05) is 31.5 Å². The Hall–Kier alpha value is -2.80. The van der Waals surface area contributed by atoms with Crippen molar-refractivity contribution in [1.82, 2.24) is 9.55 Å². The molecule has 1 fully saturated rings. The van der Waals surface area contributed by atoms with Gasteiger partial charge in [-0.2, -0.15) is 0 Å². The molecule has 1 amide bonds. The molecule has 1 aromatic heterocycles. The van der Waals surface area contributed by atoms with Crippen LogP contribution in [-0.4, -0.2) is 35.3 Å². The SMILES string of the molecule is CN(C)c1ccc(NC(=O)CSc2nc3ccccc3c(=O)n2C2CCCCC2)cc1. The number of carbonyl (C=O) groups is 1. The molecule has 3 aromatic rings. The summed E-state index contributed by atoms with van der Waals surface area (Å²) in [5, 5.41) is 4.21. The average molecular weight is 437 g/mol. The minimum absolute atomic E-state index is 0.000294. The molecule has 7 heteroatoms. The smallest absolute Gasteiger partial charge is 0.262 e. The van der Waals surface area contributed by atoms with Crippen LogP contribution in [0.25, 0.3) is 10.9 Å². The summed E-state index contributed by atoms with van der Waals surface area (Å²) >= 11 is 1.34. The van der Waals surface area contributed by atoms with Crippen LogP contribution in [0.3, 0.4) is 0 Å². The van der Waals surface area contributed by atoms with Crippen LogP contribution in [0.5, 0.6) is 0 Å². The summed E-state index contributed by atoms with van der Waals surface area (Å²) in [6, 6.07) is 15.3. The molecule has 0 spiro atoms. The summed E-state index contributed by atoms with van der Waals surface area (Å²) in [5.74, 6) is 0.0904. The van der Waals surface area contributed by atoms with E-state index in [0.717, 1.165) is 37.1 Å². The first-order valence-corrected chi connectivity index (χ1v) is 11.7. The molecule has 1 saturated carbocycles. The van der Waals surface area contributed by atoms with E-state index in [-0.39, 0.29) is 23.3 Å². The number of fused-ring (bicyclic) bond motifs is 1. The quantitative estimate of drug-likeness (QED) is 0.448. The third-order valence-electron chi connectivity index (χ3n) is 5.72. The molecule has 1 aliphatic carbocycles. The summed E-state index contributed by atoms with van der Waals surface area (Å²) in [6.07, 6.45) is 5.43. The second kappa shape index (κ2) is 9.56. The minimum atomic E-state index is -0.111. The largest absolute Gasteiger partial charge is 0.378 e. The Morgan fingerprint density at radius 1 is 1.10 bits per heavy atom. The van der Waals surface area contributed by atoms with Gasteiger partial charge in [-0.15, -0.1) is 0 Å². The fourth-order valence-electron chi connectivity index (χ4n) is 4.06. The van der Waals surface area contributed by atoms with E-state index >= 15 is 0 Å². The number of carbonyl (C=O) groups excluding carboxylic acids is 1. The average Bonchev–Trinajstić information content (AvgIpc) is 2.79. The molecule has 1 aliphatic rings. The maximum atomic E-state index is 13.3. The van der Waals surface area contributed by atoms with Crippen LogP contribution in [0.1, 0.15) is 38.1 Å². The Balaban J connectivity index is 1.54. The maximum Gasteiger partial charge on any atom is 0.262 e. The van der Waals surface area contributed by atoms with Gasteiger partial charge in [-0.1, -0.05) is 43.2 Å². The number of rotatable bonds is 6. The lowest BCUT2D eigenvalue weighted by molar-refractivity contribution is -0.113. The van der Waals surface area contributed by atoms with Crippen molar-refractivity contribution in [3.63, 3.8) is 0 Å². The predicted molar refractivity (Wildman–Crippen MR) is 128 cm³/mol. The van der Waals surface area contributed by atoms with E-state index in [9.17, 15) is 9.59 Å². The monoisotopic (exact) mass is 436 g/mol. The van der Waals surface area contributed by atoms with E-state index in [1.807, 2.05) is 72.1 Å². The third-order valence-corrected chi connectivity index (χ3v) is 6.67. The number of nitrogens with zero attached hydrogens (tertiary/aromatic N) is 3. The molecule has 0 aliphatic heterocycles. The van der Waals surface area contributed by atoms with E-state index in [0.29, 0.717) is 16.1 Å². The molecule has 0 bridgehead atoms. The highest BCUT2D eigenvalue weighted by Gasteiger charge is 2.22. The molecule has 4 rings (SSSR count). The lowest BCUT2D eigenvalue weighted by atomic mass is 9.95. The summed E-state index contributed by atoms with van der Waals surface area (Å²) in [4.78, 5) is 32.6.